The van der Waals surface area contributed by atoms with Gasteiger partial charge in [0.15, 0.2) is 0 Å². The summed E-state index contributed by atoms with van der Waals surface area (Å²) in [5.41, 5.74) is 0. The van der Waals surface area contributed by atoms with Gasteiger partial charge in [-0.1, -0.05) is 0 Å². The predicted molar refractivity (Wildman–Crippen MR) is 23.6 cm³/mol. The Hall–Kier alpha value is 1.72. The number of rotatable bonds is 0. The molecular formula is H2BaF2Ge2O4. The normalized spacial score (nSPS) is 2.67. The minimum absolute atomic E-state index is 0. The predicted octanol–water partition coefficient (Wildman–Crippen LogP) is -3.45. The van der Waals surface area contributed by atoms with E-state index in [1.807, 2.05) is 0 Å². The van der Waals surface area contributed by atoms with Crippen molar-refractivity contribution < 1.29 is 25.2 Å². The summed E-state index contributed by atoms with van der Waals surface area (Å²) in [7, 11) is 0. The molecule has 0 heterocycles. The first kappa shape index (κ1) is 31.0. The van der Waals surface area contributed by atoms with Gasteiger partial charge in [0.1, 0.15) is 0 Å². The fraction of sp³-hybridized carbons (Fsp3) is 0. The van der Waals surface area contributed by atoms with Gasteiger partial charge in [-0.3, -0.25) is 9.41 Å². The molecule has 9 heteroatoms. The van der Waals surface area contributed by atoms with Crippen molar-refractivity contribution in [3.8, 4) is 0 Å². The SMILES string of the molecule is F.F.[Ba+2].[O]=[Ge][O-].[O]=[Ge][O-]. The number of hydrogen-bond acceptors (Lipinski definition) is 4. The third kappa shape index (κ3) is 196. The molecular weight excluding hydrogens is 385 g/mol. The van der Waals surface area contributed by atoms with Gasteiger partial charge in [-0.2, -0.15) is 0 Å². The van der Waals surface area contributed by atoms with Crippen molar-refractivity contribution in [3.63, 3.8) is 0 Å². The zero-order chi connectivity index (χ0) is 5.41. The van der Waals surface area contributed by atoms with Gasteiger partial charge in [0.05, 0.1) is 0 Å². The van der Waals surface area contributed by atoms with Gasteiger partial charge in [0.25, 0.3) is 0 Å². The van der Waals surface area contributed by atoms with Gasteiger partial charge in [0, 0.05) is 0 Å². The fourth-order valence-electron chi connectivity index (χ4n) is 0. The Balaban J connectivity index is -0.00000000889. The second-order valence-corrected chi connectivity index (χ2v) is 0.866. The summed E-state index contributed by atoms with van der Waals surface area (Å²) in [6.07, 6.45) is 0. The van der Waals surface area contributed by atoms with Crippen LogP contribution in [-0.4, -0.2) is 80.3 Å². The molecule has 0 saturated carbocycles. The van der Waals surface area contributed by atoms with E-state index in [1.54, 1.807) is 0 Å². The molecule has 0 N–H and O–H groups in total. The van der Waals surface area contributed by atoms with Crippen LogP contribution >= 0.6 is 0 Å². The molecule has 0 aliphatic carbocycles. The molecule has 0 fully saturated rings. The van der Waals surface area contributed by atoms with Gasteiger partial charge >= 0.3 is 96.1 Å². The van der Waals surface area contributed by atoms with E-state index < -0.39 is 31.4 Å². The van der Waals surface area contributed by atoms with Gasteiger partial charge in [0.2, 0.25) is 0 Å². The second-order valence-electron chi connectivity index (χ2n) is 0.167. The molecule has 0 amide bonds. The van der Waals surface area contributed by atoms with Crippen LogP contribution in [0, 0.1) is 0 Å². The van der Waals surface area contributed by atoms with Crippen molar-refractivity contribution >= 4 is 80.3 Å². The average molecular weight is 387 g/mol. The van der Waals surface area contributed by atoms with Crippen molar-refractivity contribution in [2.75, 3.05) is 0 Å². The van der Waals surface area contributed by atoms with E-state index >= 15 is 0 Å². The van der Waals surface area contributed by atoms with Crippen LogP contribution in [0.15, 0.2) is 0 Å². The number of halogens is 2. The van der Waals surface area contributed by atoms with E-state index in [9.17, 15) is 0 Å². The summed E-state index contributed by atoms with van der Waals surface area (Å²) in [6.45, 7) is 0. The second kappa shape index (κ2) is 53.4. The first-order valence-corrected chi connectivity index (χ1v) is 4.24. The Morgan fingerprint density at radius 2 is 0.889 bits per heavy atom. The molecule has 0 aromatic rings. The Morgan fingerprint density at radius 1 is 0.889 bits per heavy atom. The third-order valence-corrected chi connectivity index (χ3v) is 0. The zero-order valence-electron chi connectivity index (χ0n) is 4.16. The first-order valence-electron chi connectivity index (χ1n) is 0.816. The summed E-state index contributed by atoms with van der Waals surface area (Å²) < 4.78 is 34.0. The standard InChI is InChI=1S/Ba.2FH.2GeO2/c;;;2*2-1-3/h;2*1H;;/q+2;;;2*-1. The van der Waals surface area contributed by atoms with Crippen LogP contribution in [0.3, 0.4) is 0 Å². The average Bonchev–Trinajstić information content (AvgIpc) is 1.39. The van der Waals surface area contributed by atoms with E-state index in [4.69, 9.17) is 15.8 Å². The molecule has 4 nitrogen and oxygen atoms in total. The molecule has 0 saturated heterocycles. The van der Waals surface area contributed by atoms with Crippen molar-refractivity contribution in [1.29, 1.82) is 0 Å². The maximum atomic E-state index is 8.50. The van der Waals surface area contributed by atoms with E-state index in [2.05, 4.69) is 0 Å². The van der Waals surface area contributed by atoms with E-state index in [1.165, 1.54) is 0 Å². The van der Waals surface area contributed by atoms with Crippen LogP contribution < -0.4 is 8.27 Å². The van der Waals surface area contributed by atoms with Gasteiger partial charge in [-0.05, 0) is 0 Å². The molecule has 50 valence electrons. The number of hydrogen-bond donors (Lipinski definition) is 0. The molecule has 0 bridgehead atoms. The fourth-order valence-corrected chi connectivity index (χ4v) is 0. The molecule has 0 atom stereocenters. The molecule has 0 aromatic carbocycles. The van der Waals surface area contributed by atoms with Crippen LogP contribution in [0.5, 0.6) is 0 Å². The molecule has 0 spiro atoms. The summed E-state index contributed by atoms with van der Waals surface area (Å²) in [5.74, 6) is 0. The molecule has 9 heavy (non-hydrogen) atoms. The molecule has 0 unspecified atom stereocenters. The Morgan fingerprint density at radius 3 is 0.889 bits per heavy atom. The van der Waals surface area contributed by atoms with Crippen molar-refractivity contribution in [2.24, 2.45) is 0 Å². The van der Waals surface area contributed by atoms with Crippen LogP contribution in [0.4, 0.5) is 9.41 Å². The van der Waals surface area contributed by atoms with E-state index in [-0.39, 0.29) is 58.3 Å². The van der Waals surface area contributed by atoms with Crippen LogP contribution in [0.2, 0.25) is 0 Å². The minimum atomic E-state index is -2.00. The van der Waals surface area contributed by atoms with Crippen LogP contribution in [0.25, 0.3) is 0 Å². The van der Waals surface area contributed by atoms with Crippen molar-refractivity contribution in [1.82, 2.24) is 0 Å². The van der Waals surface area contributed by atoms with Gasteiger partial charge in [-0.25, -0.2) is 0 Å². The first-order chi connectivity index (χ1) is 2.83. The van der Waals surface area contributed by atoms with Crippen LogP contribution in [0.1, 0.15) is 0 Å². The van der Waals surface area contributed by atoms with Crippen LogP contribution in [-0.2, 0) is 7.56 Å². The summed E-state index contributed by atoms with van der Waals surface area (Å²) in [4.78, 5) is 0. The Kier molecular flexibility index (Phi) is 184. The Labute approximate surface area is 104 Å². The molecule has 0 aliphatic rings. The third-order valence-electron chi connectivity index (χ3n) is 0. The zero-order valence-corrected chi connectivity index (χ0v) is 12.8. The molecule has 2 radical (unpaired) electrons. The topological polar surface area (TPSA) is 80.3 Å². The summed E-state index contributed by atoms with van der Waals surface area (Å²) in [6, 6.07) is 0. The quantitative estimate of drug-likeness (QED) is 0.406. The van der Waals surface area contributed by atoms with Gasteiger partial charge < -0.3 is 0 Å². The molecule has 0 aliphatic heterocycles. The summed E-state index contributed by atoms with van der Waals surface area (Å²) in [5, 5.41) is 0. The van der Waals surface area contributed by atoms with Crippen molar-refractivity contribution in [3.05, 3.63) is 0 Å². The molecule has 0 aromatic heterocycles. The monoisotopic (exact) mass is 390 g/mol. The van der Waals surface area contributed by atoms with E-state index in [0.717, 1.165) is 0 Å². The maximum absolute atomic E-state index is 8.50. The molecule has 0 rings (SSSR count). The van der Waals surface area contributed by atoms with E-state index in [0.29, 0.717) is 0 Å². The van der Waals surface area contributed by atoms with Gasteiger partial charge in [-0.15, -0.1) is 0 Å². The summed E-state index contributed by atoms with van der Waals surface area (Å²) >= 11 is -4.00. The van der Waals surface area contributed by atoms with Crippen molar-refractivity contribution in [2.45, 2.75) is 0 Å². The Bertz CT molecular complexity index is 37.5.